The van der Waals surface area contributed by atoms with Gasteiger partial charge in [-0.3, -0.25) is 4.79 Å². The third kappa shape index (κ3) is 6.64. The minimum Gasteiger partial charge on any atom is -0.355 e. The maximum atomic E-state index is 12.1. The Kier molecular flexibility index (Phi) is 7.30. The molecule has 9 heteroatoms. The quantitative estimate of drug-likeness (QED) is 0.320. The van der Waals surface area contributed by atoms with E-state index in [0.717, 1.165) is 10.8 Å². The van der Waals surface area contributed by atoms with E-state index in [1.54, 1.807) is 5.32 Å². The summed E-state index contributed by atoms with van der Waals surface area (Å²) in [6.45, 7) is -0.182. The molecule has 2 nitrogen and oxygen atoms in total. The SMILES string of the molecule is O=C(NCCCCCI)C(C(F)(F)F)C(F)(F)F. The van der Waals surface area contributed by atoms with Crippen LogP contribution in [-0.4, -0.2) is 29.2 Å². The summed E-state index contributed by atoms with van der Waals surface area (Å²) in [7, 11) is 0. The first-order chi connectivity index (χ1) is 8.10. The number of hydrogen-bond donors (Lipinski definition) is 1. The fraction of sp³-hybridized carbons (Fsp3) is 0.889. The summed E-state index contributed by atoms with van der Waals surface area (Å²) in [6.07, 6.45) is -9.43. The lowest BCUT2D eigenvalue weighted by molar-refractivity contribution is -0.274. The predicted molar refractivity (Wildman–Crippen MR) is 61.3 cm³/mol. The highest BCUT2D eigenvalue weighted by Crippen LogP contribution is 2.39. The molecule has 0 aromatic heterocycles. The van der Waals surface area contributed by atoms with Gasteiger partial charge >= 0.3 is 12.4 Å². The van der Waals surface area contributed by atoms with Gasteiger partial charge < -0.3 is 5.32 Å². The van der Waals surface area contributed by atoms with Gasteiger partial charge in [-0.2, -0.15) is 26.3 Å². The Morgan fingerprint density at radius 3 is 1.89 bits per heavy atom. The molecule has 0 aliphatic heterocycles. The first-order valence-electron chi connectivity index (χ1n) is 5.07. The zero-order valence-corrected chi connectivity index (χ0v) is 11.3. The largest absolute Gasteiger partial charge is 0.409 e. The molecule has 0 fully saturated rings. The highest BCUT2D eigenvalue weighted by Gasteiger charge is 2.60. The molecule has 0 spiro atoms. The average Bonchev–Trinajstić information content (AvgIpc) is 2.12. The van der Waals surface area contributed by atoms with Crippen LogP contribution in [0.2, 0.25) is 0 Å². The standard InChI is InChI=1S/C9H12F6INO/c10-8(11,12)6(9(13,14)15)7(18)17-5-3-1-2-4-16/h6H,1-5H2,(H,17,18). The van der Waals surface area contributed by atoms with Gasteiger partial charge in [-0.05, 0) is 17.3 Å². The number of amides is 1. The molecule has 108 valence electrons. The number of nitrogens with one attached hydrogen (secondary N) is 1. The van der Waals surface area contributed by atoms with Gasteiger partial charge in [0.15, 0.2) is 0 Å². The molecule has 1 N–H and O–H groups in total. The molecule has 0 radical (unpaired) electrons. The summed E-state index contributed by atoms with van der Waals surface area (Å²) in [5.41, 5.74) is 0. The average molecular weight is 391 g/mol. The minimum absolute atomic E-state index is 0.182. The third-order valence-electron chi connectivity index (χ3n) is 2.03. The normalized spacial score (nSPS) is 12.9. The van der Waals surface area contributed by atoms with Crippen LogP contribution in [0.5, 0.6) is 0 Å². The van der Waals surface area contributed by atoms with E-state index in [4.69, 9.17) is 0 Å². The lowest BCUT2D eigenvalue weighted by atomic mass is 10.1. The Labute approximate surface area is 114 Å². The van der Waals surface area contributed by atoms with E-state index in [0.29, 0.717) is 12.8 Å². The van der Waals surface area contributed by atoms with Gasteiger partial charge in [-0.25, -0.2) is 0 Å². The minimum atomic E-state index is -5.62. The molecule has 0 saturated carbocycles. The van der Waals surface area contributed by atoms with Crippen LogP contribution in [-0.2, 0) is 4.79 Å². The van der Waals surface area contributed by atoms with E-state index in [1.807, 2.05) is 0 Å². The van der Waals surface area contributed by atoms with Crippen LogP contribution in [0.4, 0.5) is 26.3 Å². The van der Waals surface area contributed by atoms with E-state index in [2.05, 4.69) is 22.6 Å². The van der Waals surface area contributed by atoms with Gasteiger partial charge in [-0.15, -0.1) is 0 Å². The summed E-state index contributed by atoms with van der Waals surface area (Å²) >= 11 is 2.10. The molecule has 0 saturated heterocycles. The van der Waals surface area contributed by atoms with Crippen molar-refractivity contribution in [3.63, 3.8) is 0 Å². The number of halogens is 7. The van der Waals surface area contributed by atoms with Crippen LogP contribution < -0.4 is 5.32 Å². The molecule has 0 unspecified atom stereocenters. The fourth-order valence-electron chi connectivity index (χ4n) is 1.19. The second-order valence-corrected chi connectivity index (χ2v) is 4.64. The van der Waals surface area contributed by atoms with Gasteiger partial charge in [0.05, 0.1) is 0 Å². The number of hydrogen-bond acceptors (Lipinski definition) is 1. The van der Waals surface area contributed by atoms with Crippen LogP contribution in [0.15, 0.2) is 0 Å². The smallest absolute Gasteiger partial charge is 0.355 e. The highest BCUT2D eigenvalue weighted by atomic mass is 127. The van der Waals surface area contributed by atoms with Crippen molar-refractivity contribution in [1.29, 1.82) is 0 Å². The first-order valence-corrected chi connectivity index (χ1v) is 6.60. The van der Waals surface area contributed by atoms with Crippen molar-refractivity contribution in [3.8, 4) is 0 Å². The molecule has 0 rings (SSSR count). The van der Waals surface area contributed by atoms with Crippen LogP contribution in [0, 0.1) is 5.92 Å². The highest BCUT2D eigenvalue weighted by molar-refractivity contribution is 14.1. The molecular formula is C9H12F6INO. The zero-order valence-electron chi connectivity index (χ0n) is 9.17. The number of rotatable bonds is 6. The van der Waals surface area contributed by atoms with Crippen molar-refractivity contribution in [2.75, 3.05) is 11.0 Å². The van der Waals surface area contributed by atoms with Gasteiger partial charge in [-0.1, -0.05) is 29.0 Å². The van der Waals surface area contributed by atoms with Crippen molar-refractivity contribution in [1.82, 2.24) is 5.32 Å². The molecule has 0 aromatic rings. The van der Waals surface area contributed by atoms with Crippen LogP contribution >= 0.6 is 22.6 Å². The molecule has 1 amide bonds. The van der Waals surface area contributed by atoms with Crippen molar-refractivity contribution in [3.05, 3.63) is 0 Å². The number of carbonyl (C=O) groups is 1. The van der Waals surface area contributed by atoms with Gasteiger partial charge in [0, 0.05) is 6.54 Å². The predicted octanol–water partition coefficient (Wildman–Crippen LogP) is 3.45. The van der Waals surface area contributed by atoms with E-state index < -0.39 is 24.2 Å². The molecule has 0 aliphatic rings. The number of unbranched alkanes of at least 4 members (excludes halogenated alkanes) is 2. The number of carbonyl (C=O) groups excluding carboxylic acids is 1. The lowest BCUT2D eigenvalue weighted by Crippen LogP contribution is -2.48. The summed E-state index contributed by atoms with van der Waals surface area (Å²) in [5, 5.41) is 1.67. The Hall–Kier alpha value is -0.220. The zero-order chi connectivity index (χ0) is 14.4. The molecule has 0 atom stereocenters. The fourth-order valence-corrected chi connectivity index (χ4v) is 1.73. The molecule has 0 aromatic carbocycles. The van der Waals surface area contributed by atoms with E-state index >= 15 is 0 Å². The Bertz CT molecular complexity index is 251. The molecular weight excluding hydrogens is 379 g/mol. The number of alkyl halides is 7. The van der Waals surface area contributed by atoms with Gasteiger partial charge in [0.1, 0.15) is 0 Å². The van der Waals surface area contributed by atoms with E-state index in [1.165, 1.54) is 0 Å². The van der Waals surface area contributed by atoms with Crippen LogP contribution in [0.25, 0.3) is 0 Å². The topological polar surface area (TPSA) is 29.1 Å². The van der Waals surface area contributed by atoms with Crippen LogP contribution in [0.3, 0.4) is 0 Å². The Morgan fingerprint density at radius 1 is 1.00 bits per heavy atom. The van der Waals surface area contributed by atoms with Crippen molar-refractivity contribution < 1.29 is 31.1 Å². The summed E-state index contributed by atoms with van der Waals surface area (Å²) < 4.78 is 73.5. The molecule has 18 heavy (non-hydrogen) atoms. The van der Waals surface area contributed by atoms with E-state index in [9.17, 15) is 31.1 Å². The van der Waals surface area contributed by atoms with Gasteiger partial charge in [0.25, 0.3) is 0 Å². The Balaban J connectivity index is 4.34. The summed E-state index contributed by atoms with van der Waals surface area (Å²) in [4.78, 5) is 10.9. The maximum absolute atomic E-state index is 12.1. The monoisotopic (exact) mass is 391 g/mol. The van der Waals surface area contributed by atoms with Crippen molar-refractivity contribution >= 4 is 28.5 Å². The summed E-state index contributed by atoms with van der Waals surface area (Å²) in [5.74, 6) is -5.99. The Morgan fingerprint density at radius 2 is 1.50 bits per heavy atom. The second kappa shape index (κ2) is 7.39. The first kappa shape index (κ1) is 17.8. The van der Waals surface area contributed by atoms with E-state index in [-0.39, 0.29) is 6.54 Å². The molecule has 0 aliphatic carbocycles. The molecule has 0 bridgehead atoms. The third-order valence-corrected chi connectivity index (χ3v) is 2.79. The van der Waals surface area contributed by atoms with Crippen molar-refractivity contribution in [2.24, 2.45) is 5.92 Å². The van der Waals surface area contributed by atoms with Crippen LogP contribution in [0.1, 0.15) is 19.3 Å². The maximum Gasteiger partial charge on any atom is 0.409 e. The van der Waals surface area contributed by atoms with Crippen molar-refractivity contribution in [2.45, 2.75) is 31.6 Å². The molecule has 0 heterocycles. The van der Waals surface area contributed by atoms with Gasteiger partial charge in [0.2, 0.25) is 11.8 Å². The summed E-state index contributed by atoms with van der Waals surface area (Å²) in [6, 6.07) is 0. The lowest BCUT2D eigenvalue weighted by Gasteiger charge is -2.21. The second-order valence-electron chi connectivity index (χ2n) is 3.56.